The van der Waals surface area contributed by atoms with E-state index in [9.17, 15) is 4.79 Å². The predicted octanol–water partition coefficient (Wildman–Crippen LogP) is 7.18. The number of carbonyl (C=O) groups is 1. The molecule has 0 fully saturated rings. The van der Waals surface area contributed by atoms with E-state index < -0.39 is 0 Å². The van der Waals surface area contributed by atoms with Crippen molar-refractivity contribution in [1.29, 1.82) is 0 Å². The van der Waals surface area contributed by atoms with Crippen LogP contribution in [0.3, 0.4) is 0 Å². The summed E-state index contributed by atoms with van der Waals surface area (Å²) >= 11 is 9.40. The highest BCUT2D eigenvalue weighted by Gasteiger charge is 2.19. The third kappa shape index (κ3) is 5.57. The molecule has 3 aromatic carbocycles. The summed E-state index contributed by atoms with van der Waals surface area (Å²) in [6.07, 6.45) is 2.47. The van der Waals surface area contributed by atoms with E-state index in [0.717, 1.165) is 16.2 Å². The van der Waals surface area contributed by atoms with Gasteiger partial charge in [-0.15, -0.1) is 23.5 Å². The maximum atomic E-state index is 12.9. The smallest absolute Gasteiger partial charge is 0.164 e. The van der Waals surface area contributed by atoms with Gasteiger partial charge in [0.1, 0.15) is 5.75 Å². The van der Waals surface area contributed by atoms with E-state index in [4.69, 9.17) is 16.3 Å². The van der Waals surface area contributed by atoms with Gasteiger partial charge in [0.05, 0.1) is 7.11 Å². The number of thioether (sulfide) groups is 2. The van der Waals surface area contributed by atoms with Crippen LogP contribution in [0, 0.1) is 0 Å². The zero-order valence-corrected chi connectivity index (χ0v) is 18.1. The first-order valence-electron chi connectivity index (χ1n) is 8.82. The molecule has 0 aliphatic carbocycles. The van der Waals surface area contributed by atoms with Crippen molar-refractivity contribution in [2.75, 3.05) is 13.4 Å². The van der Waals surface area contributed by atoms with E-state index in [1.54, 1.807) is 30.6 Å². The second kappa shape index (κ2) is 10.1. The van der Waals surface area contributed by atoms with E-state index in [1.165, 1.54) is 4.90 Å². The van der Waals surface area contributed by atoms with E-state index >= 15 is 0 Å². The molecule has 0 aliphatic rings. The van der Waals surface area contributed by atoms with Crippen molar-refractivity contribution < 1.29 is 9.53 Å². The van der Waals surface area contributed by atoms with E-state index in [-0.39, 0.29) is 11.0 Å². The van der Waals surface area contributed by atoms with Gasteiger partial charge in [0.15, 0.2) is 5.78 Å². The molecule has 0 spiro atoms. The van der Waals surface area contributed by atoms with Crippen molar-refractivity contribution in [3.05, 3.63) is 88.9 Å². The Morgan fingerprint density at radius 3 is 2.11 bits per heavy atom. The minimum absolute atomic E-state index is 0.0201. The van der Waals surface area contributed by atoms with Gasteiger partial charge in [-0.05, 0) is 72.5 Å². The molecule has 0 aromatic heterocycles. The Kier molecular flexibility index (Phi) is 7.49. The van der Waals surface area contributed by atoms with E-state index in [0.29, 0.717) is 17.0 Å². The van der Waals surface area contributed by atoms with Gasteiger partial charge in [-0.3, -0.25) is 4.79 Å². The molecule has 1 unspecified atom stereocenters. The van der Waals surface area contributed by atoms with E-state index in [1.807, 2.05) is 48.5 Å². The highest BCUT2D eigenvalue weighted by atomic mass is 35.5. The second-order valence-corrected chi connectivity index (χ2v) is 8.78. The fraction of sp³-hybridized carbons (Fsp3) is 0.174. The number of methoxy groups -OCH3 is 1. The summed E-state index contributed by atoms with van der Waals surface area (Å²) < 4.78 is 5.18. The zero-order chi connectivity index (χ0) is 19.9. The SMILES string of the molecule is COc1ccc(C(=O)CC(Sc2ccc(Cl)cc2)c2ccc(SC)cc2)cc1. The van der Waals surface area contributed by atoms with Crippen molar-refractivity contribution in [1.82, 2.24) is 0 Å². The quantitative estimate of drug-likeness (QED) is 0.280. The number of halogens is 1. The first kappa shape index (κ1) is 20.8. The molecular formula is C23H21ClO2S2. The third-order valence-corrected chi connectivity index (χ3v) is 6.63. The predicted molar refractivity (Wildman–Crippen MR) is 120 cm³/mol. The summed E-state index contributed by atoms with van der Waals surface area (Å²) in [5.74, 6) is 0.861. The lowest BCUT2D eigenvalue weighted by molar-refractivity contribution is 0.0982. The van der Waals surface area contributed by atoms with E-state index in [2.05, 4.69) is 30.5 Å². The lowest BCUT2D eigenvalue weighted by Gasteiger charge is -2.17. The van der Waals surface area contributed by atoms with Crippen molar-refractivity contribution in [3.8, 4) is 5.75 Å². The van der Waals surface area contributed by atoms with Crippen LogP contribution in [0.2, 0.25) is 5.02 Å². The Hall–Kier alpha value is -1.88. The molecule has 0 radical (unpaired) electrons. The Bertz CT molecular complexity index is 907. The van der Waals surface area contributed by atoms with Crippen LogP contribution in [0.5, 0.6) is 5.75 Å². The molecule has 0 aliphatic heterocycles. The standard InChI is InChI=1S/C23H21ClO2S2/c1-26-19-9-3-16(4-10-19)22(25)15-23(17-5-11-20(27-2)12-6-17)28-21-13-7-18(24)8-14-21/h3-14,23H,15H2,1-2H3. The molecule has 144 valence electrons. The number of ketones is 1. The van der Waals surface area contributed by atoms with Gasteiger partial charge < -0.3 is 4.74 Å². The van der Waals surface area contributed by atoms with Gasteiger partial charge in [0, 0.05) is 32.0 Å². The number of carbonyl (C=O) groups excluding carboxylic acids is 1. The molecule has 0 amide bonds. The molecule has 1 atom stereocenters. The summed E-state index contributed by atoms with van der Waals surface area (Å²) in [7, 11) is 1.62. The Morgan fingerprint density at radius 2 is 1.54 bits per heavy atom. The van der Waals surface area contributed by atoms with Crippen LogP contribution in [0.15, 0.2) is 82.6 Å². The van der Waals surface area contributed by atoms with Crippen LogP contribution in [0.4, 0.5) is 0 Å². The largest absolute Gasteiger partial charge is 0.497 e. The fourth-order valence-corrected chi connectivity index (χ4v) is 4.47. The summed E-state index contributed by atoms with van der Waals surface area (Å²) in [6, 6.07) is 23.5. The summed E-state index contributed by atoms with van der Waals surface area (Å²) in [5.41, 5.74) is 1.84. The first-order chi connectivity index (χ1) is 13.6. The third-order valence-electron chi connectivity index (χ3n) is 4.36. The highest BCUT2D eigenvalue weighted by molar-refractivity contribution is 7.99. The van der Waals surface area contributed by atoms with Gasteiger partial charge >= 0.3 is 0 Å². The van der Waals surface area contributed by atoms with Crippen LogP contribution in [0.25, 0.3) is 0 Å². The monoisotopic (exact) mass is 428 g/mol. The number of ether oxygens (including phenoxy) is 1. The molecule has 3 rings (SSSR count). The molecule has 0 heterocycles. The van der Waals surface area contributed by atoms with Crippen LogP contribution in [-0.2, 0) is 0 Å². The normalized spacial score (nSPS) is 11.8. The molecule has 0 bridgehead atoms. The number of hydrogen-bond acceptors (Lipinski definition) is 4. The lowest BCUT2D eigenvalue weighted by Crippen LogP contribution is -2.05. The van der Waals surface area contributed by atoms with Crippen LogP contribution < -0.4 is 4.74 Å². The fourth-order valence-electron chi connectivity index (χ4n) is 2.79. The van der Waals surface area contributed by atoms with Crippen molar-refractivity contribution in [2.45, 2.75) is 21.5 Å². The molecule has 0 saturated heterocycles. The first-order valence-corrected chi connectivity index (χ1v) is 11.3. The van der Waals surface area contributed by atoms with Crippen molar-refractivity contribution >= 4 is 40.9 Å². The van der Waals surface area contributed by atoms with Crippen molar-refractivity contribution in [2.24, 2.45) is 0 Å². The minimum Gasteiger partial charge on any atom is -0.497 e. The lowest BCUT2D eigenvalue weighted by atomic mass is 10.0. The van der Waals surface area contributed by atoms with Gasteiger partial charge in [0.25, 0.3) is 0 Å². The Labute approximate surface area is 179 Å². The average molecular weight is 429 g/mol. The van der Waals surface area contributed by atoms with Crippen LogP contribution in [0.1, 0.15) is 27.6 Å². The molecule has 0 N–H and O–H groups in total. The Balaban J connectivity index is 1.83. The number of Topliss-reactive ketones (excluding diaryl/α,β-unsaturated/α-hetero) is 1. The molecular weight excluding hydrogens is 408 g/mol. The molecule has 28 heavy (non-hydrogen) atoms. The van der Waals surface area contributed by atoms with Gasteiger partial charge in [-0.25, -0.2) is 0 Å². The van der Waals surface area contributed by atoms with Crippen molar-refractivity contribution in [3.63, 3.8) is 0 Å². The average Bonchev–Trinajstić information content (AvgIpc) is 2.75. The summed E-state index contributed by atoms with van der Waals surface area (Å²) in [6.45, 7) is 0. The topological polar surface area (TPSA) is 26.3 Å². The summed E-state index contributed by atoms with van der Waals surface area (Å²) in [4.78, 5) is 15.2. The maximum Gasteiger partial charge on any atom is 0.164 e. The Morgan fingerprint density at radius 1 is 0.929 bits per heavy atom. The van der Waals surface area contributed by atoms with Gasteiger partial charge in [-0.2, -0.15) is 0 Å². The van der Waals surface area contributed by atoms with Gasteiger partial charge in [0.2, 0.25) is 0 Å². The maximum absolute atomic E-state index is 12.9. The molecule has 5 heteroatoms. The number of benzene rings is 3. The highest BCUT2D eigenvalue weighted by Crippen LogP contribution is 2.39. The molecule has 2 nitrogen and oxygen atoms in total. The number of hydrogen-bond donors (Lipinski definition) is 0. The minimum atomic E-state index is 0.0201. The summed E-state index contributed by atoms with van der Waals surface area (Å²) in [5, 5.41) is 0.728. The van der Waals surface area contributed by atoms with Gasteiger partial charge in [-0.1, -0.05) is 23.7 Å². The molecule has 3 aromatic rings. The van der Waals surface area contributed by atoms with Crippen LogP contribution in [-0.4, -0.2) is 19.1 Å². The zero-order valence-electron chi connectivity index (χ0n) is 15.7. The van der Waals surface area contributed by atoms with Crippen LogP contribution >= 0.6 is 35.1 Å². The second-order valence-electron chi connectivity index (χ2n) is 6.19. The molecule has 0 saturated carbocycles. The number of rotatable bonds is 8.